The number of carbonyl (C=O) groups excluding carboxylic acids is 1. The zero-order valence-electron chi connectivity index (χ0n) is 18.8. The SMILES string of the molecule is CC(=O)n1cc(N(c2c(C)[nH]c3ccccc23)c2c(C)[nH]c3ccccc23)c2ccccc21. The molecule has 5 heteroatoms. The van der Waals surface area contributed by atoms with Gasteiger partial charge in [0.1, 0.15) is 0 Å². The van der Waals surface area contributed by atoms with E-state index in [4.69, 9.17) is 0 Å². The highest BCUT2D eigenvalue weighted by Gasteiger charge is 2.27. The van der Waals surface area contributed by atoms with Crippen molar-refractivity contribution in [2.24, 2.45) is 0 Å². The Kier molecular flexibility index (Phi) is 4.20. The smallest absolute Gasteiger partial charge is 0.228 e. The number of rotatable bonds is 3. The first-order chi connectivity index (χ1) is 16.0. The van der Waals surface area contributed by atoms with Gasteiger partial charge in [0.25, 0.3) is 0 Å². The average molecular weight is 433 g/mol. The number of aromatic amines is 2. The molecular weight excluding hydrogens is 408 g/mol. The summed E-state index contributed by atoms with van der Waals surface area (Å²) in [4.78, 5) is 22.0. The third-order valence-corrected chi connectivity index (χ3v) is 6.44. The minimum atomic E-state index is -0.0105. The van der Waals surface area contributed by atoms with Crippen molar-refractivity contribution >= 4 is 55.7 Å². The molecule has 0 radical (unpaired) electrons. The predicted octanol–water partition coefficient (Wildman–Crippen LogP) is 7.35. The topological polar surface area (TPSA) is 56.8 Å². The van der Waals surface area contributed by atoms with Crippen molar-refractivity contribution in [1.29, 1.82) is 0 Å². The molecule has 0 unspecified atom stereocenters. The van der Waals surface area contributed by atoms with Crippen LogP contribution in [-0.2, 0) is 0 Å². The van der Waals surface area contributed by atoms with E-state index in [9.17, 15) is 4.79 Å². The molecule has 0 aliphatic carbocycles. The van der Waals surface area contributed by atoms with Crippen molar-refractivity contribution in [3.63, 3.8) is 0 Å². The van der Waals surface area contributed by atoms with Crippen LogP contribution in [0.5, 0.6) is 0 Å². The summed E-state index contributed by atoms with van der Waals surface area (Å²) < 4.78 is 1.74. The minimum absolute atomic E-state index is 0.0105. The first-order valence-corrected chi connectivity index (χ1v) is 11.1. The molecule has 0 fully saturated rings. The molecule has 0 amide bonds. The molecule has 0 saturated heterocycles. The van der Waals surface area contributed by atoms with E-state index in [2.05, 4.69) is 71.2 Å². The predicted molar refractivity (Wildman–Crippen MR) is 136 cm³/mol. The van der Waals surface area contributed by atoms with Crippen LogP contribution >= 0.6 is 0 Å². The Morgan fingerprint density at radius 1 is 0.727 bits per heavy atom. The van der Waals surface area contributed by atoms with Crippen LogP contribution in [0.25, 0.3) is 32.7 Å². The zero-order chi connectivity index (χ0) is 22.7. The summed E-state index contributed by atoms with van der Waals surface area (Å²) in [5.74, 6) is -0.0105. The van der Waals surface area contributed by atoms with E-state index in [0.29, 0.717) is 0 Å². The van der Waals surface area contributed by atoms with E-state index in [0.717, 1.165) is 61.2 Å². The Morgan fingerprint density at radius 2 is 1.21 bits per heavy atom. The first kappa shape index (κ1) is 19.4. The van der Waals surface area contributed by atoms with Gasteiger partial charge in [-0.05, 0) is 32.0 Å². The number of benzene rings is 3. The molecule has 0 atom stereocenters. The summed E-state index contributed by atoms with van der Waals surface area (Å²) in [6.45, 7) is 5.82. The van der Waals surface area contributed by atoms with Crippen molar-refractivity contribution in [1.82, 2.24) is 14.5 Å². The van der Waals surface area contributed by atoms with Crippen LogP contribution in [0.15, 0.2) is 79.0 Å². The van der Waals surface area contributed by atoms with Gasteiger partial charge in [0.05, 0.1) is 22.6 Å². The van der Waals surface area contributed by atoms with Crippen LogP contribution in [0, 0.1) is 13.8 Å². The maximum Gasteiger partial charge on any atom is 0.228 e. The Hall–Kier alpha value is -4.25. The van der Waals surface area contributed by atoms with E-state index >= 15 is 0 Å². The molecule has 5 nitrogen and oxygen atoms in total. The molecule has 2 N–H and O–H groups in total. The molecule has 0 bridgehead atoms. The number of H-pyrrole nitrogens is 2. The Labute approximate surface area is 191 Å². The molecule has 33 heavy (non-hydrogen) atoms. The molecule has 6 aromatic rings. The van der Waals surface area contributed by atoms with Gasteiger partial charge in [-0.25, -0.2) is 0 Å². The van der Waals surface area contributed by atoms with E-state index in [-0.39, 0.29) is 5.91 Å². The van der Waals surface area contributed by atoms with Gasteiger partial charge in [0, 0.05) is 51.7 Å². The Morgan fingerprint density at radius 3 is 1.76 bits per heavy atom. The lowest BCUT2D eigenvalue weighted by Gasteiger charge is -2.25. The summed E-state index contributed by atoms with van der Waals surface area (Å²) >= 11 is 0. The number of nitrogens with one attached hydrogen (secondary N) is 2. The molecule has 0 aliphatic rings. The lowest BCUT2D eigenvalue weighted by atomic mass is 10.1. The van der Waals surface area contributed by atoms with Gasteiger partial charge >= 0.3 is 0 Å². The zero-order valence-corrected chi connectivity index (χ0v) is 18.8. The number of carbonyl (C=O) groups is 1. The quantitative estimate of drug-likeness (QED) is 0.307. The highest BCUT2D eigenvalue weighted by molar-refractivity contribution is 6.11. The van der Waals surface area contributed by atoms with Crippen molar-refractivity contribution in [2.75, 3.05) is 4.90 Å². The van der Waals surface area contributed by atoms with Crippen LogP contribution in [-0.4, -0.2) is 20.4 Å². The monoisotopic (exact) mass is 432 g/mol. The molecule has 3 aromatic carbocycles. The highest BCUT2D eigenvalue weighted by atomic mass is 16.1. The Bertz CT molecular complexity index is 1600. The molecule has 6 rings (SSSR count). The summed E-state index contributed by atoms with van der Waals surface area (Å²) in [7, 11) is 0. The van der Waals surface area contributed by atoms with E-state index in [1.165, 1.54) is 0 Å². The number of nitrogens with zero attached hydrogens (tertiary/aromatic N) is 2. The lowest BCUT2D eigenvalue weighted by molar-refractivity contribution is 0.0941. The number of hydrogen-bond acceptors (Lipinski definition) is 2. The second kappa shape index (κ2) is 7.14. The standard InChI is InChI=1S/C28H24N4O/c1-17-27(20-10-4-7-13-23(20)29-17)32(28-18(2)30-24-14-8-5-11-21(24)28)26-16-31(19(3)33)25-15-9-6-12-22(25)26/h4-16,29-30H,1-3H3. The maximum absolute atomic E-state index is 12.6. The van der Waals surface area contributed by atoms with Gasteiger partial charge in [-0.2, -0.15) is 0 Å². The summed E-state index contributed by atoms with van der Waals surface area (Å²) in [5, 5.41) is 3.31. The van der Waals surface area contributed by atoms with E-state index in [1.54, 1.807) is 11.5 Å². The largest absolute Gasteiger partial charge is 0.357 e. The molecule has 162 valence electrons. The number of hydrogen-bond donors (Lipinski definition) is 2. The van der Waals surface area contributed by atoms with Crippen molar-refractivity contribution in [3.05, 3.63) is 90.4 Å². The van der Waals surface area contributed by atoms with Crippen LogP contribution in [0.4, 0.5) is 17.1 Å². The van der Waals surface area contributed by atoms with E-state index < -0.39 is 0 Å². The minimum Gasteiger partial charge on any atom is -0.357 e. The molecule has 0 spiro atoms. The number of aryl methyl sites for hydroxylation is 2. The van der Waals surface area contributed by atoms with Crippen molar-refractivity contribution in [2.45, 2.75) is 20.8 Å². The van der Waals surface area contributed by atoms with Gasteiger partial charge < -0.3 is 14.9 Å². The molecule has 0 aliphatic heterocycles. The van der Waals surface area contributed by atoms with Gasteiger partial charge in [-0.1, -0.05) is 54.6 Å². The summed E-state index contributed by atoms with van der Waals surface area (Å²) in [6.07, 6.45) is 1.97. The van der Waals surface area contributed by atoms with Gasteiger partial charge in [0.15, 0.2) is 0 Å². The van der Waals surface area contributed by atoms with Gasteiger partial charge in [0.2, 0.25) is 5.91 Å². The third kappa shape index (κ3) is 2.82. The van der Waals surface area contributed by atoms with Crippen LogP contribution in [0.1, 0.15) is 23.1 Å². The highest BCUT2D eigenvalue weighted by Crippen LogP contribution is 2.47. The van der Waals surface area contributed by atoms with Crippen LogP contribution in [0.3, 0.4) is 0 Å². The number of para-hydroxylation sites is 3. The molecular formula is C28H24N4O. The number of fused-ring (bicyclic) bond motifs is 3. The summed E-state index contributed by atoms with van der Waals surface area (Å²) in [6, 6.07) is 24.8. The van der Waals surface area contributed by atoms with Gasteiger partial charge in [-0.3, -0.25) is 9.36 Å². The molecule has 3 heterocycles. The van der Waals surface area contributed by atoms with Crippen LogP contribution in [0.2, 0.25) is 0 Å². The number of anilines is 3. The lowest BCUT2D eigenvalue weighted by Crippen LogP contribution is -2.12. The first-order valence-electron chi connectivity index (χ1n) is 11.1. The normalized spacial score (nSPS) is 11.6. The third-order valence-electron chi connectivity index (χ3n) is 6.44. The maximum atomic E-state index is 12.6. The van der Waals surface area contributed by atoms with Crippen LogP contribution < -0.4 is 4.90 Å². The van der Waals surface area contributed by atoms with E-state index in [1.807, 2.05) is 36.5 Å². The summed E-state index contributed by atoms with van der Waals surface area (Å²) in [5.41, 5.74) is 8.36. The van der Waals surface area contributed by atoms with Crippen molar-refractivity contribution in [3.8, 4) is 0 Å². The second-order valence-corrected chi connectivity index (χ2v) is 8.54. The molecule has 3 aromatic heterocycles. The fraction of sp³-hybridized carbons (Fsp3) is 0.107. The fourth-order valence-electron chi connectivity index (χ4n) is 5.05. The number of aromatic nitrogens is 3. The fourth-order valence-corrected chi connectivity index (χ4v) is 5.05. The average Bonchev–Trinajstić information content (AvgIpc) is 3.46. The second-order valence-electron chi connectivity index (χ2n) is 8.54. The van der Waals surface area contributed by atoms with Crippen molar-refractivity contribution < 1.29 is 4.79 Å². The molecule has 0 saturated carbocycles. The Balaban J connectivity index is 1.77. The van der Waals surface area contributed by atoms with Gasteiger partial charge in [-0.15, -0.1) is 0 Å².